The summed E-state index contributed by atoms with van der Waals surface area (Å²) in [4.78, 5) is 3.88. The van der Waals surface area contributed by atoms with Crippen molar-refractivity contribution in [2.24, 2.45) is 0 Å². The molecule has 1 unspecified atom stereocenters. The maximum absolute atomic E-state index is 12.8. The first kappa shape index (κ1) is 15.5. The third-order valence-corrected chi connectivity index (χ3v) is 5.48. The molecule has 1 aliphatic heterocycles. The van der Waals surface area contributed by atoms with Crippen LogP contribution in [0, 0.1) is 0 Å². The lowest BCUT2D eigenvalue weighted by atomic mass is 9.96. The molecule has 0 aromatic heterocycles. The van der Waals surface area contributed by atoms with Gasteiger partial charge in [0.25, 0.3) is 0 Å². The lowest BCUT2D eigenvalue weighted by Gasteiger charge is -2.22. The van der Waals surface area contributed by atoms with Crippen molar-refractivity contribution in [3.8, 4) is 0 Å². The number of hydrogen-bond donors (Lipinski definition) is 0. The second-order valence-corrected chi connectivity index (χ2v) is 7.47. The van der Waals surface area contributed by atoms with Gasteiger partial charge in [0.15, 0.2) is 0 Å². The van der Waals surface area contributed by atoms with Gasteiger partial charge in [-0.15, -0.1) is 0 Å². The Kier molecular flexibility index (Phi) is 4.48. The molecule has 0 saturated carbocycles. The molecular weight excluding hydrogens is 314 g/mol. The summed E-state index contributed by atoms with van der Waals surface area (Å²) in [7, 11) is 2.98. The van der Waals surface area contributed by atoms with E-state index in [1.807, 2.05) is 42.5 Å². The minimum absolute atomic E-state index is 0.675. The molecule has 114 valence electrons. The van der Waals surface area contributed by atoms with E-state index in [1.165, 1.54) is 0 Å². The Morgan fingerprint density at radius 2 is 1.82 bits per heavy atom. The average molecular weight is 332 g/mol. The Hall–Kier alpha value is -1.42. The van der Waals surface area contributed by atoms with E-state index in [0.29, 0.717) is 5.02 Å². The van der Waals surface area contributed by atoms with Gasteiger partial charge in [-0.1, -0.05) is 35.9 Å². The van der Waals surface area contributed by atoms with E-state index in [-0.39, 0.29) is 0 Å². The third-order valence-electron chi connectivity index (χ3n) is 3.73. The highest BCUT2D eigenvalue weighted by atomic mass is 35.5. The van der Waals surface area contributed by atoms with Gasteiger partial charge in [0, 0.05) is 11.6 Å². The largest absolute Gasteiger partial charge is 0.309 e. The van der Waals surface area contributed by atoms with Crippen LogP contribution in [0.15, 0.2) is 58.3 Å². The zero-order valence-electron chi connectivity index (χ0n) is 12.7. The van der Waals surface area contributed by atoms with Crippen LogP contribution in [0.3, 0.4) is 0 Å². The summed E-state index contributed by atoms with van der Waals surface area (Å²) in [5.74, 6) is 0. The molecule has 2 nitrogen and oxygen atoms in total. The van der Waals surface area contributed by atoms with Crippen molar-refractivity contribution in [2.75, 3.05) is 20.6 Å². The van der Waals surface area contributed by atoms with Crippen LogP contribution in [-0.2, 0) is 10.8 Å². The van der Waals surface area contributed by atoms with Gasteiger partial charge in [-0.05, 0) is 61.5 Å². The quantitative estimate of drug-likeness (QED) is 0.716. The van der Waals surface area contributed by atoms with Crippen LogP contribution >= 0.6 is 11.6 Å². The van der Waals surface area contributed by atoms with Crippen LogP contribution in [0.2, 0.25) is 5.02 Å². The van der Waals surface area contributed by atoms with Gasteiger partial charge in [-0.2, -0.15) is 0 Å². The number of hydrogen-bond acceptors (Lipinski definition) is 2. The normalized spacial score (nSPS) is 18.4. The predicted octanol–water partition coefficient (Wildman–Crippen LogP) is 4.20. The van der Waals surface area contributed by atoms with Crippen LogP contribution in [-0.4, -0.2) is 29.7 Å². The SMILES string of the molecule is CN(C)CCC=C1c2ccccc2S(=O)c2ccc(Cl)cc21. The van der Waals surface area contributed by atoms with Crippen LogP contribution < -0.4 is 0 Å². The van der Waals surface area contributed by atoms with Crippen molar-refractivity contribution in [3.05, 3.63) is 64.7 Å². The first-order valence-electron chi connectivity index (χ1n) is 7.24. The van der Waals surface area contributed by atoms with E-state index in [0.717, 1.165) is 39.5 Å². The lowest BCUT2D eigenvalue weighted by molar-refractivity contribution is 0.417. The molecule has 1 heterocycles. The molecule has 1 aliphatic rings. The zero-order chi connectivity index (χ0) is 15.7. The standard InChI is InChI=1S/C18H18ClNOS/c1-20(2)11-5-7-14-15-6-3-4-8-17(15)22(21)18-10-9-13(19)12-16(14)18/h3-4,6-10,12H,5,11H2,1-2H3. The minimum Gasteiger partial charge on any atom is -0.309 e. The van der Waals surface area contributed by atoms with Crippen molar-refractivity contribution >= 4 is 28.0 Å². The molecule has 0 fully saturated rings. The Balaban J connectivity index is 2.14. The van der Waals surface area contributed by atoms with Crippen molar-refractivity contribution < 1.29 is 4.21 Å². The first-order chi connectivity index (χ1) is 10.6. The van der Waals surface area contributed by atoms with E-state index >= 15 is 0 Å². The highest BCUT2D eigenvalue weighted by molar-refractivity contribution is 7.85. The molecule has 0 bridgehead atoms. The molecule has 0 N–H and O–H groups in total. The van der Waals surface area contributed by atoms with Crippen LogP contribution in [0.4, 0.5) is 0 Å². The van der Waals surface area contributed by atoms with Gasteiger partial charge in [-0.25, -0.2) is 4.21 Å². The average Bonchev–Trinajstić information content (AvgIpc) is 2.50. The number of fused-ring (bicyclic) bond motifs is 2. The van der Waals surface area contributed by atoms with Gasteiger partial charge >= 0.3 is 0 Å². The summed E-state index contributed by atoms with van der Waals surface area (Å²) >= 11 is 6.17. The maximum atomic E-state index is 12.8. The molecule has 4 heteroatoms. The highest BCUT2D eigenvalue weighted by Gasteiger charge is 2.25. The summed E-state index contributed by atoms with van der Waals surface area (Å²) in [5.41, 5.74) is 3.17. The molecule has 2 aromatic rings. The van der Waals surface area contributed by atoms with Gasteiger partial charge in [0.05, 0.1) is 20.6 Å². The Morgan fingerprint density at radius 3 is 2.59 bits per heavy atom. The van der Waals surface area contributed by atoms with Crippen molar-refractivity contribution in [3.63, 3.8) is 0 Å². The highest BCUT2D eigenvalue weighted by Crippen LogP contribution is 2.40. The van der Waals surface area contributed by atoms with Gasteiger partial charge in [0.1, 0.15) is 0 Å². The van der Waals surface area contributed by atoms with Crippen molar-refractivity contribution in [2.45, 2.75) is 16.2 Å². The second-order valence-electron chi connectivity index (χ2n) is 5.62. The Bertz CT molecular complexity index is 767. The minimum atomic E-state index is -1.14. The molecule has 0 aliphatic carbocycles. The van der Waals surface area contributed by atoms with E-state index in [1.54, 1.807) is 0 Å². The molecule has 0 radical (unpaired) electrons. The molecule has 3 rings (SSSR count). The van der Waals surface area contributed by atoms with Crippen molar-refractivity contribution in [1.29, 1.82) is 0 Å². The summed E-state index contributed by atoms with van der Waals surface area (Å²) in [6.07, 6.45) is 3.17. The smallest absolute Gasteiger partial charge is 0.0862 e. The first-order valence-corrected chi connectivity index (χ1v) is 8.76. The number of rotatable bonds is 3. The fourth-order valence-corrected chi connectivity index (χ4v) is 4.22. The van der Waals surface area contributed by atoms with E-state index < -0.39 is 10.8 Å². The molecular formula is C18H18ClNOS. The van der Waals surface area contributed by atoms with E-state index in [2.05, 4.69) is 25.1 Å². The van der Waals surface area contributed by atoms with Crippen LogP contribution in [0.1, 0.15) is 17.5 Å². The topological polar surface area (TPSA) is 20.3 Å². The molecule has 22 heavy (non-hydrogen) atoms. The van der Waals surface area contributed by atoms with Crippen molar-refractivity contribution in [1.82, 2.24) is 4.90 Å². The number of nitrogens with zero attached hydrogens (tertiary/aromatic N) is 1. The fourth-order valence-electron chi connectivity index (χ4n) is 2.68. The number of halogens is 1. The molecule has 0 saturated heterocycles. The summed E-state index contributed by atoms with van der Waals surface area (Å²) in [5, 5.41) is 0.675. The maximum Gasteiger partial charge on any atom is 0.0862 e. The van der Waals surface area contributed by atoms with E-state index in [4.69, 9.17) is 11.6 Å². The molecule has 0 amide bonds. The zero-order valence-corrected chi connectivity index (χ0v) is 14.2. The summed E-state index contributed by atoms with van der Waals surface area (Å²) in [6.45, 7) is 0.977. The van der Waals surface area contributed by atoms with Gasteiger partial charge in [-0.3, -0.25) is 0 Å². The molecule has 1 atom stereocenters. The van der Waals surface area contributed by atoms with Crippen LogP contribution in [0.5, 0.6) is 0 Å². The molecule has 2 aromatic carbocycles. The third kappa shape index (κ3) is 2.89. The second kappa shape index (κ2) is 6.37. The lowest BCUT2D eigenvalue weighted by Crippen LogP contribution is -2.13. The Morgan fingerprint density at radius 1 is 1.09 bits per heavy atom. The number of benzene rings is 2. The van der Waals surface area contributed by atoms with Gasteiger partial charge in [0.2, 0.25) is 0 Å². The van der Waals surface area contributed by atoms with E-state index in [9.17, 15) is 4.21 Å². The molecule has 0 spiro atoms. The summed E-state index contributed by atoms with van der Waals surface area (Å²) < 4.78 is 12.8. The summed E-state index contributed by atoms with van der Waals surface area (Å²) in [6, 6.07) is 13.5. The predicted molar refractivity (Wildman–Crippen MR) is 92.8 cm³/mol. The fraction of sp³-hybridized carbons (Fsp3) is 0.222. The van der Waals surface area contributed by atoms with Gasteiger partial charge < -0.3 is 4.90 Å². The Labute approximate surface area is 138 Å². The van der Waals surface area contributed by atoms with Crippen LogP contribution in [0.25, 0.3) is 5.57 Å². The monoisotopic (exact) mass is 331 g/mol.